The molecule has 3 aromatic rings. The lowest BCUT2D eigenvalue weighted by Crippen LogP contribution is -2.44. The van der Waals surface area contributed by atoms with Crippen molar-refractivity contribution in [2.75, 3.05) is 17.2 Å². The molecule has 0 radical (unpaired) electrons. The molecular formula is C26H31Cl2N5O2. The van der Waals surface area contributed by atoms with Crippen LogP contribution in [0.25, 0.3) is 5.69 Å². The monoisotopic (exact) mass is 515 g/mol. The maximum absolute atomic E-state index is 13.1. The number of anilines is 2. The molecule has 2 aromatic carbocycles. The van der Waals surface area contributed by atoms with Crippen molar-refractivity contribution >= 4 is 46.6 Å². The molecule has 3 rings (SSSR count). The number of hydrogen-bond donors (Lipinski definition) is 2. The van der Waals surface area contributed by atoms with E-state index < -0.39 is 6.03 Å². The topological polar surface area (TPSA) is 79.3 Å². The van der Waals surface area contributed by atoms with E-state index in [4.69, 9.17) is 28.3 Å². The van der Waals surface area contributed by atoms with Crippen LogP contribution in [-0.4, -0.2) is 39.2 Å². The van der Waals surface area contributed by atoms with Crippen molar-refractivity contribution in [3.05, 3.63) is 69.8 Å². The first-order valence-corrected chi connectivity index (χ1v) is 12.1. The summed E-state index contributed by atoms with van der Waals surface area (Å²) in [6.07, 6.45) is 0. The lowest BCUT2D eigenvalue weighted by molar-refractivity contribution is -0.117. The van der Waals surface area contributed by atoms with Gasteiger partial charge in [-0.2, -0.15) is 5.10 Å². The largest absolute Gasteiger partial charge is 0.322 e. The summed E-state index contributed by atoms with van der Waals surface area (Å²) >= 11 is 12.0. The summed E-state index contributed by atoms with van der Waals surface area (Å²) in [5.74, 6) is 0.203. The van der Waals surface area contributed by atoms with Gasteiger partial charge in [-0.1, -0.05) is 61.7 Å². The van der Waals surface area contributed by atoms with E-state index in [1.807, 2.05) is 51.1 Å². The highest BCUT2D eigenvalue weighted by Gasteiger charge is 2.24. The summed E-state index contributed by atoms with van der Waals surface area (Å²) in [5, 5.41) is 11.2. The van der Waals surface area contributed by atoms with Crippen molar-refractivity contribution < 1.29 is 9.59 Å². The highest BCUT2D eigenvalue weighted by molar-refractivity contribution is 6.42. The average Bonchev–Trinajstić information content (AvgIpc) is 3.19. The molecule has 0 aliphatic rings. The summed E-state index contributed by atoms with van der Waals surface area (Å²) in [5.41, 5.74) is 3.08. The minimum atomic E-state index is -0.420. The molecule has 9 heteroatoms. The first kappa shape index (κ1) is 26.6. The molecule has 7 nitrogen and oxygen atoms in total. The SMILES string of the molecule is Cc1ccc(-n2nc(C(C)(C)C)cc2NC(=O)CN(C(=O)Nc2ccc(Cl)c(Cl)c2)C(C)C)cc1. The minimum absolute atomic E-state index is 0.144. The smallest absolute Gasteiger partial charge is 0.313 e. The maximum atomic E-state index is 13.1. The quantitative estimate of drug-likeness (QED) is 0.384. The zero-order chi connectivity index (χ0) is 25.9. The average molecular weight is 516 g/mol. The van der Waals surface area contributed by atoms with Gasteiger partial charge in [0.1, 0.15) is 12.4 Å². The summed E-state index contributed by atoms with van der Waals surface area (Å²) in [7, 11) is 0. The van der Waals surface area contributed by atoms with E-state index in [2.05, 4.69) is 31.4 Å². The first-order chi connectivity index (χ1) is 16.3. The number of aromatic nitrogens is 2. The van der Waals surface area contributed by atoms with Gasteiger partial charge in [0.2, 0.25) is 5.91 Å². The number of benzene rings is 2. The van der Waals surface area contributed by atoms with Gasteiger partial charge in [-0.25, -0.2) is 9.48 Å². The number of amides is 3. The van der Waals surface area contributed by atoms with E-state index in [0.717, 1.165) is 16.9 Å². The predicted octanol–water partition coefficient (Wildman–Crippen LogP) is 6.67. The van der Waals surface area contributed by atoms with E-state index in [-0.39, 0.29) is 23.9 Å². The number of carbonyl (C=O) groups excluding carboxylic acids is 2. The fourth-order valence-electron chi connectivity index (χ4n) is 3.31. The lowest BCUT2D eigenvalue weighted by Gasteiger charge is -2.26. The van der Waals surface area contributed by atoms with Crippen LogP contribution < -0.4 is 10.6 Å². The van der Waals surface area contributed by atoms with Gasteiger partial charge in [-0.05, 0) is 51.1 Å². The zero-order valence-electron chi connectivity index (χ0n) is 20.8. The zero-order valence-corrected chi connectivity index (χ0v) is 22.3. The Kier molecular flexibility index (Phi) is 8.13. The molecule has 0 saturated heterocycles. The molecule has 0 spiro atoms. The molecule has 0 aliphatic carbocycles. The molecule has 2 N–H and O–H groups in total. The fourth-order valence-corrected chi connectivity index (χ4v) is 3.61. The molecular weight excluding hydrogens is 485 g/mol. The van der Waals surface area contributed by atoms with Crippen LogP contribution in [0.4, 0.5) is 16.3 Å². The number of halogens is 2. The highest BCUT2D eigenvalue weighted by atomic mass is 35.5. The number of urea groups is 1. The molecule has 0 fully saturated rings. The van der Waals surface area contributed by atoms with E-state index >= 15 is 0 Å². The number of aryl methyl sites for hydroxylation is 1. The Labute approximate surface area is 216 Å². The van der Waals surface area contributed by atoms with E-state index in [1.54, 1.807) is 22.9 Å². The number of nitrogens with zero attached hydrogens (tertiary/aromatic N) is 3. The van der Waals surface area contributed by atoms with Gasteiger partial charge < -0.3 is 15.5 Å². The van der Waals surface area contributed by atoms with E-state index in [9.17, 15) is 9.59 Å². The fraction of sp³-hybridized carbons (Fsp3) is 0.346. The van der Waals surface area contributed by atoms with Gasteiger partial charge >= 0.3 is 6.03 Å². The second-order valence-corrected chi connectivity index (χ2v) is 10.6. The maximum Gasteiger partial charge on any atom is 0.322 e. The van der Waals surface area contributed by atoms with Gasteiger partial charge in [0.05, 0.1) is 21.4 Å². The Bertz CT molecular complexity index is 1210. The molecule has 0 saturated carbocycles. The Hall–Kier alpha value is -3.03. The van der Waals surface area contributed by atoms with Gasteiger partial charge in [0, 0.05) is 23.2 Å². The van der Waals surface area contributed by atoms with Crippen molar-refractivity contribution in [2.45, 2.75) is 53.0 Å². The molecule has 35 heavy (non-hydrogen) atoms. The Morgan fingerprint density at radius 3 is 2.23 bits per heavy atom. The Balaban J connectivity index is 1.80. The Morgan fingerprint density at radius 2 is 1.66 bits per heavy atom. The molecule has 186 valence electrons. The van der Waals surface area contributed by atoms with Crippen LogP contribution in [0.15, 0.2) is 48.5 Å². The standard InChI is InChI=1S/C26H31Cl2N5O2/c1-16(2)32(25(35)29-18-9-12-20(27)21(28)13-18)15-24(34)30-23-14-22(26(4,5)6)31-33(23)19-10-7-17(3)8-11-19/h7-14,16H,15H2,1-6H3,(H,29,35)(H,30,34). The van der Waals surface area contributed by atoms with Crippen LogP contribution in [0.2, 0.25) is 10.0 Å². The van der Waals surface area contributed by atoms with Crippen LogP contribution in [0.1, 0.15) is 45.9 Å². The van der Waals surface area contributed by atoms with Crippen LogP contribution in [0.5, 0.6) is 0 Å². The number of carbonyl (C=O) groups is 2. The summed E-state index contributed by atoms with van der Waals surface area (Å²) < 4.78 is 1.72. The normalized spacial score (nSPS) is 11.5. The van der Waals surface area contributed by atoms with Crippen molar-refractivity contribution in [2.24, 2.45) is 0 Å². The predicted molar refractivity (Wildman–Crippen MR) is 143 cm³/mol. The second kappa shape index (κ2) is 10.7. The third-order valence-corrected chi connectivity index (χ3v) is 6.13. The van der Waals surface area contributed by atoms with Crippen LogP contribution in [-0.2, 0) is 10.2 Å². The molecule has 1 heterocycles. The van der Waals surface area contributed by atoms with Crippen molar-refractivity contribution in [3.63, 3.8) is 0 Å². The van der Waals surface area contributed by atoms with Crippen molar-refractivity contribution in [1.82, 2.24) is 14.7 Å². The lowest BCUT2D eigenvalue weighted by atomic mass is 9.92. The molecule has 0 bridgehead atoms. The third kappa shape index (κ3) is 6.77. The summed E-state index contributed by atoms with van der Waals surface area (Å²) in [4.78, 5) is 27.4. The highest BCUT2D eigenvalue weighted by Crippen LogP contribution is 2.27. The van der Waals surface area contributed by atoms with E-state index in [1.165, 1.54) is 4.90 Å². The van der Waals surface area contributed by atoms with Crippen LogP contribution in [0.3, 0.4) is 0 Å². The van der Waals surface area contributed by atoms with Gasteiger partial charge in [0.25, 0.3) is 0 Å². The molecule has 1 aromatic heterocycles. The molecule has 0 atom stereocenters. The molecule has 0 unspecified atom stereocenters. The second-order valence-electron chi connectivity index (χ2n) is 9.74. The minimum Gasteiger partial charge on any atom is -0.313 e. The van der Waals surface area contributed by atoms with Gasteiger partial charge in [0.15, 0.2) is 0 Å². The third-order valence-electron chi connectivity index (χ3n) is 5.39. The van der Waals surface area contributed by atoms with E-state index in [0.29, 0.717) is 21.6 Å². The molecule has 3 amide bonds. The van der Waals surface area contributed by atoms with Crippen LogP contribution >= 0.6 is 23.2 Å². The number of nitrogens with one attached hydrogen (secondary N) is 2. The van der Waals surface area contributed by atoms with Gasteiger partial charge in [-0.15, -0.1) is 0 Å². The number of rotatable bonds is 6. The van der Waals surface area contributed by atoms with Crippen molar-refractivity contribution in [1.29, 1.82) is 0 Å². The Morgan fingerprint density at radius 1 is 1.00 bits per heavy atom. The van der Waals surface area contributed by atoms with Gasteiger partial charge in [-0.3, -0.25) is 4.79 Å². The summed E-state index contributed by atoms with van der Waals surface area (Å²) in [6, 6.07) is 13.9. The summed E-state index contributed by atoms with van der Waals surface area (Å²) in [6.45, 7) is 11.7. The van der Waals surface area contributed by atoms with Crippen LogP contribution in [0, 0.1) is 6.92 Å². The number of hydrogen-bond acceptors (Lipinski definition) is 3. The molecule has 0 aliphatic heterocycles. The first-order valence-electron chi connectivity index (χ1n) is 11.4. The van der Waals surface area contributed by atoms with Crippen molar-refractivity contribution in [3.8, 4) is 5.69 Å².